The maximum absolute atomic E-state index is 12.5. The molecule has 0 saturated heterocycles. The first kappa shape index (κ1) is 20.6. The number of thioether (sulfide) groups is 1. The fourth-order valence-electron chi connectivity index (χ4n) is 2.98. The molecule has 1 N–H and O–H groups in total. The normalized spacial score (nSPS) is 10.9. The van der Waals surface area contributed by atoms with Gasteiger partial charge in [-0.25, -0.2) is 0 Å². The second-order valence-electron chi connectivity index (χ2n) is 6.57. The van der Waals surface area contributed by atoms with Crippen LogP contribution in [0.25, 0.3) is 0 Å². The Labute approximate surface area is 178 Å². The number of halogens is 1. The maximum atomic E-state index is 12.5. The first-order valence-corrected chi connectivity index (χ1v) is 10.9. The summed E-state index contributed by atoms with van der Waals surface area (Å²) in [6.45, 7) is 4.09. The lowest BCUT2D eigenvalue weighted by Crippen LogP contribution is -2.16. The highest BCUT2D eigenvalue weighted by Gasteiger charge is 2.14. The molecule has 1 aromatic heterocycles. The number of rotatable bonds is 7. The van der Waals surface area contributed by atoms with E-state index in [1.54, 1.807) is 0 Å². The van der Waals surface area contributed by atoms with Gasteiger partial charge in [-0.05, 0) is 42.2 Å². The van der Waals surface area contributed by atoms with Gasteiger partial charge in [0.2, 0.25) is 5.91 Å². The topological polar surface area (TPSA) is 59.8 Å². The molecule has 0 unspecified atom stereocenters. The van der Waals surface area contributed by atoms with E-state index in [4.69, 9.17) is 0 Å². The third-order valence-electron chi connectivity index (χ3n) is 4.49. The van der Waals surface area contributed by atoms with Crippen molar-refractivity contribution < 1.29 is 4.79 Å². The minimum absolute atomic E-state index is 0.0438. The van der Waals surface area contributed by atoms with Gasteiger partial charge in [0.25, 0.3) is 0 Å². The molecule has 146 valence electrons. The Morgan fingerprint density at radius 2 is 1.96 bits per heavy atom. The molecule has 7 heteroatoms. The van der Waals surface area contributed by atoms with Crippen molar-refractivity contribution in [2.24, 2.45) is 7.05 Å². The number of aromatic nitrogens is 3. The van der Waals surface area contributed by atoms with Crippen LogP contribution < -0.4 is 5.32 Å². The molecule has 0 aliphatic carbocycles. The summed E-state index contributed by atoms with van der Waals surface area (Å²) < 4.78 is 2.98. The van der Waals surface area contributed by atoms with E-state index in [2.05, 4.69) is 50.5 Å². The van der Waals surface area contributed by atoms with Crippen LogP contribution in [0.5, 0.6) is 0 Å². The summed E-state index contributed by atoms with van der Waals surface area (Å²) in [5.74, 6) is 1.12. The van der Waals surface area contributed by atoms with Crippen LogP contribution in [0.2, 0.25) is 0 Å². The van der Waals surface area contributed by atoms with Gasteiger partial charge >= 0.3 is 0 Å². The van der Waals surface area contributed by atoms with E-state index in [1.807, 2.05) is 48.9 Å². The molecule has 0 saturated carbocycles. The minimum atomic E-state index is -0.0438. The second-order valence-corrected chi connectivity index (χ2v) is 8.43. The highest BCUT2D eigenvalue weighted by molar-refractivity contribution is 9.10. The Balaban J connectivity index is 1.63. The van der Waals surface area contributed by atoms with Gasteiger partial charge in [0.05, 0.1) is 5.75 Å². The van der Waals surface area contributed by atoms with E-state index < -0.39 is 0 Å². The van der Waals surface area contributed by atoms with Gasteiger partial charge in [0.1, 0.15) is 5.82 Å². The first-order valence-electron chi connectivity index (χ1n) is 9.11. The number of carbonyl (C=O) groups is 1. The average Bonchev–Trinajstić information content (AvgIpc) is 3.02. The summed E-state index contributed by atoms with van der Waals surface area (Å²) >= 11 is 4.91. The average molecular weight is 459 g/mol. The molecule has 0 fully saturated rings. The van der Waals surface area contributed by atoms with Gasteiger partial charge < -0.3 is 9.88 Å². The highest BCUT2D eigenvalue weighted by atomic mass is 79.9. The Morgan fingerprint density at radius 1 is 1.21 bits per heavy atom. The second kappa shape index (κ2) is 9.39. The predicted molar refractivity (Wildman–Crippen MR) is 118 cm³/mol. The fourth-order valence-corrected chi connectivity index (χ4v) is 4.33. The molecule has 3 rings (SSSR count). The Kier molecular flexibility index (Phi) is 6.91. The molecule has 0 bridgehead atoms. The van der Waals surface area contributed by atoms with Crippen LogP contribution in [-0.4, -0.2) is 26.4 Å². The van der Waals surface area contributed by atoms with Crippen LogP contribution in [0.4, 0.5) is 5.69 Å². The molecule has 3 aromatic rings. The number of anilines is 1. The maximum Gasteiger partial charge on any atom is 0.234 e. The van der Waals surface area contributed by atoms with Crippen LogP contribution >= 0.6 is 27.7 Å². The smallest absolute Gasteiger partial charge is 0.234 e. The lowest BCUT2D eigenvalue weighted by atomic mass is 10.1. The van der Waals surface area contributed by atoms with Crippen molar-refractivity contribution in [1.82, 2.24) is 14.8 Å². The van der Waals surface area contributed by atoms with Crippen molar-refractivity contribution in [2.75, 3.05) is 11.1 Å². The number of carbonyl (C=O) groups excluding carboxylic acids is 1. The molecule has 0 aliphatic heterocycles. The van der Waals surface area contributed by atoms with Crippen LogP contribution in [0, 0.1) is 6.92 Å². The van der Waals surface area contributed by atoms with Gasteiger partial charge in [-0.15, -0.1) is 10.2 Å². The lowest BCUT2D eigenvalue weighted by molar-refractivity contribution is -0.113. The van der Waals surface area contributed by atoms with Crippen LogP contribution in [0.15, 0.2) is 52.1 Å². The zero-order chi connectivity index (χ0) is 20.1. The third-order valence-corrected chi connectivity index (χ3v) is 5.97. The number of benzene rings is 2. The Bertz CT molecular complexity index is 972. The van der Waals surface area contributed by atoms with Crippen LogP contribution in [-0.2, 0) is 24.7 Å². The molecular formula is C21H23BrN4OS. The summed E-state index contributed by atoms with van der Waals surface area (Å²) in [6.07, 6.45) is 1.57. The highest BCUT2D eigenvalue weighted by Crippen LogP contribution is 2.27. The summed E-state index contributed by atoms with van der Waals surface area (Å²) in [4.78, 5) is 12.5. The largest absolute Gasteiger partial charge is 0.325 e. The number of hydrogen-bond acceptors (Lipinski definition) is 4. The predicted octanol–water partition coefficient (Wildman–Crippen LogP) is 4.77. The van der Waals surface area contributed by atoms with Crippen molar-refractivity contribution >= 4 is 39.3 Å². The van der Waals surface area contributed by atoms with E-state index in [0.717, 1.165) is 45.1 Å². The van der Waals surface area contributed by atoms with Gasteiger partial charge in [-0.3, -0.25) is 4.79 Å². The molecule has 0 radical (unpaired) electrons. The molecule has 1 heterocycles. The molecule has 1 amide bonds. The van der Waals surface area contributed by atoms with E-state index in [9.17, 15) is 4.79 Å². The molecule has 2 aromatic carbocycles. The van der Waals surface area contributed by atoms with Gasteiger partial charge in [-0.1, -0.05) is 64.9 Å². The number of hydrogen-bond donors (Lipinski definition) is 1. The van der Waals surface area contributed by atoms with Crippen LogP contribution in [0.1, 0.15) is 29.4 Å². The molecule has 28 heavy (non-hydrogen) atoms. The number of nitrogens with zero attached hydrogens (tertiary/aromatic N) is 3. The number of nitrogens with one attached hydrogen (secondary N) is 1. The molecule has 0 aliphatic rings. The molecule has 0 spiro atoms. The van der Waals surface area contributed by atoms with E-state index in [-0.39, 0.29) is 11.7 Å². The zero-order valence-electron chi connectivity index (χ0n) is 16.2. The zero-order valence-corrected chi connectivity index (χ0v) is 18.6. The monoisotopic (exact) mass is 458 g/mol. The van der Waals surface area contributed by atoms with Gasteiger partial charge in [0.15, 0.2) is 5.16 Å². The van der Waals surface area contributed by atoms with Crippen molar-refractivity contribution in [3.05, 3.63) is 69.5 Å². The van der Waals surface area contributed by atoms with Crippen LogP contribution in [0.3, 0.4) is 0 Å². The van der Waals surface area contributed by atoms with Crippen molar-refractivity contribution in [2.45, 2.75) is 31.8 Å². The Morgan fingerprint density at radius 3 is 2.68 bits per heavy atom. The fraction of sp³-hybridized carbons (Fsp3) is 0.286. The van der Waals surface area contributed by atoms with E-state index >= 15 is 0 Å². The molecular weight excluding hydrogens is 436 g/mol. The summed E-state index contributed by atoms with van der Waals surface area (Å²) in [5, 5.41) is 12.3. The summed E-state index contributed by atoms with van der Waals surface area (Å²) in [6, 6.07) is 14.2. The van der Waals surface area contributed by atoms with Gasteiger partial charge in [-0.2, -0.15) is 0 Å². The third kappa shape index (κ3) is 5.02. The minimum Gasteiger partial charge on any atom is -0.325 e. The first-order chi connectivity index (χ1) is 13.5. The standard InChI is InChI=1S/C21H23BrN4OS/c1-4-16-12-17(22)10-14(2)20(16)23-19(27)13-28-21-25-24-18(26(21)3)11-15-8-6-5-7-9-15/h5-10,12H,4,11,13H2,1-3H3,(H,23,27). The van der Waals surface area contributed by atoms with E-state index in [0.29, 0.717) is 0 Å². The quantitative estimate of drug-likeness (QED) is 0.517. The van der Waals surface area contributed by atoms with Crippen molar-refractivity contribution in [3.63, 3.8) is 0 Å². The number of amides is 1. The summed E-state index contributed by atoms with van der Waals surface area (Å²) in [5.41, 5.74) is 4.26. The van der Waals surface area contributed by atoms with Crippen molar-refractivity contribution in [3.8, 4) is 0 Å². The molecule has 5 nitrogen and oxygen atoms in total. The van der Waals surface area contributed by atoms with E-state index in [1.165, 1.54) is 17.3 Å². The Hall–Kier alpha value is -2.12. The SMILES string of the molecule is CCc1cc(Br)cc(C)c1NC(=O)CSc1nnc(Cc2ccccc2)n1C. The van der Waals surface area contributed by atoms with Gasteiger partial charge in [0, 0.05) is 23.6 Å². The van der Waals surface area contributed by atoms with Crippen molar-refractivity contribution in [1.29, 1.82) is 0 Å². The lowest BCUT2D eigenvalue weighted by Gasteiger charge is -2.13. The summed E-state index contributed by atoms with van der Waals surface area (Å²) in [7, 11) is 1.94. The number of aryl methyl sites for hydroxylation is 2. The molecule has 0 atom stereocenters.